The van der Waals surface area contributed by atoms with E-state index in [-0.39, 0.29) is 36.5 Å². The van der Waals surface area contributed by atoms with Crippen molar-refractivity contribution in [2.45, 2.75) is 38.9 Å². The van der Waals surface area contributed by atoms with E-state index < -0.39 is 0 Å². The minimum atomic E-state index is -0.225. The number of rotatable bonds is 6. The molecule has 3 nitrogen and oxygen atoms in total. The highest BCUT2D eigenvalue weighted by molar-refractivity contribution is 5.21. The minimum absolute atomic E-state index is 0.0331. The lowest BCUT2D eigenvalue weighted by molar-refractivity contribution is 0.0836. The summed E-state index contributed by atoms with van der Waals surface area (Å²) < 4.78 is 13.8. The van der Waals surface area contributed by atoms with E-state index in [1.54, 1.807) is 12.1 Å². The molecule has 0 aliphatic heterocycles. The molecule has 1 rings (SSSR count). The molecule has 0 amide bonds. The molecule has 3 N–H and O–H groups in total. The van der Waals surface area contributed by atoms with Crippen LogP contribution in [0.15, 0.2) is 24.3 Å². The summed E-state index contributed by atoms with van der Waals surface area (Å²) in [7, 11) is 1.88. The van der Waals surface area contributed by atoms with Crippen LogP contribution in [0, 0.1) is 11.7 Å². The number of aliphatic hydroxyl groups is 1. The maximum absolute atomic E-state index is 13.8. The summed E-state index contributed by atoms with van der Waals surface area (Å²) >= 11 is 0. The van der Waals surface area contributed by atoms with Crippen molar-refractivity contribution >= 4 is 0 Å². The molecular formula is C15H25FN2O. The van der Waals surface area contributed by atoms with Gasteiger partial charge >= 0.3 is 0 Å². The molecule has 0 aromatic heterocycles. The Labute approximate surface area is 115 Å². The first-order valence-corrected chi connectivity index (χ1v) is 6.73. The van der Waals surface area contributed by atoms with Gasteiger partial charge in [-0.25, -0.2) is 4.39 Å². The molecule has 1 aromatic carbocycles. The molecule has 0 saturated heterocycles. The van der Waals surface area contributed by atoms with Crippen LogP contribution in [-0.2, 0) is 0 Å². The number of hydrogen-bond acceptors (Lipinski definition) is 3. The monoisotopic (exact) mass is 268 g/mol. The highest BCUT2D eigenvalue weighted by Crippen LogP contribution is 2.25. The summed E-state index contributed by atoms with van der Waals surface area (Å²) in [5.41, 5.74) is 6.76. The highest BCUT2D eigenvalue weighted by atomic mass is 19.1. The van der Waals surface area contributed by atoms with E-state index in [9.17, 15) is 9.50 Å². The van der Waals surface area contributed by atoms with Gasteiger partial charge in [0.1, 0.15) is 5.82 Å². The molecule has 0 aliphatic carbocycles. The number of halogens is 1. The number of nitrogens with zero attached hydrogens (tertiary/aromatic N) is 1. The second-order valence-electron chi connectivity index (χ2n) is 5.43. The van der Waals surface area contributed by atoms with Crippen molar-refractivity contribution in [2.75, 3.05) is 13.7 Å². The summed E-state index contributed by atoms with van der Waals surface area (Å²) in [5.74, 6) is 0.0316. The molecule has 0 bridgehead atoms. The van der Waals surface area contributed by atoms with Crippen LogP contribution in [0.1, 0.15) is 32.4 Å². The molecule has 3 atom stereocenters. The quantitative estimate of drug-likeness (QED) is 0.831. The number of hydrogen-bond donors (Lipinski definition) is 2. The van der Waals surface area contributed by atoms with Gasteiger partial charge in [-0.3, -0.25) is 4.90 Å². The van der Waals surface area contributed by atoms with Crippen molar-refractivity contribution in [1.82, 2.24) is 4.90 Å². The number of likely N-dealkylation sites (N-methyl/N-ethyl adjacent to an activating group) is 1. The Morgan fingerprint density at radius 2 is 1.84 bits per heavy atom. The summed E-state index contributed by atoms with van der Waals surface area (Å²) in [6.07, 6.45) is 0. The predicted molar refractivity (Wildman–Crippen MR) is 76.3 cm³/mol. The van der Waals surface area contributed by atoms with E-state index in [2.05, 4.69) is 0 Å². The third-order valence-electron chi connectivity index (χ3n) is 3.89. The molecule has 4 heteroatoms. The molecule has 0 saturated carbocycles. The van der Waals surface area contributed by atoms with Crippen LogP contribution in [0.4, 0.5) is 4.39 Å². The first-order valence-electron chi connectivity index (χ1n) is 6.73. The maximum atomic E-state index is 13.8. The highest BCUT2D eigenvalue weighted by Gasteiger charge is 2.28. The zero-order valence-corrected chi connectivity index (χ0v) is 12.2. The van der Waals surface area contributed by atoms with Gasteiger partial charge in [0.15, 0.2) is 0 Å². The first-order chi connectivity index (χ1) is 8.90. The average Bonchev–Trinajstić information content (AvgIpc) is 2.38. The van der Waals surface area contributed by atoms with E-state index in [4.69, 9.17) is 5.73 Å². The molecule has 108 valence electrons. The van der Waals surface area contributed by atoms with Crippen molar-refractivity contribution in [3.63, 3.8) is 0 Å². The topological polar surface area (TPSA) is 49.5 Å². The van der Waals surface area contributed by atoms with Crippen LogP contribution in [-0.4, -0.2) is 35.7 Å². The first kappa shape index (κ1) is 16.1. The van der Waals surface area contributed by atoms with Crippen molar-refractivity contribution in [3.8, 4) is 0 Å². The van der Waals surface area contributed by atoms with Gasteiger partial charge in [0, 0.05) is 23.7 Å². The third kappa shape index (κ3) is 3.75. The second-order valence-corrected chi connectivity index (χ2v) is 5.43. The van der Waals surface area contributed by atoms with Gasteiger partial charge in [-0.1, -0.05) is 32.0 Å². The van der Waals surface area contributed by atoms with Crippen LogP contribution in [0.3, 0.4) is 0 Å². The smallest absolute Gasteiger partial charge is 0.127 e. The Bertz CT molecular complexity index is 397. The largest absolute Gasteiger partial charge is 0.395 e. The third-order valence-corrected chi connectivity index (χ3v) is 3.89. The Morgan fingerprint density at radius 3 is 2.32 bits per heavy atom. The van der Waals surface area contributed by atoms with E-state index >= 15 is 0 Å². The summed E-state index contributed by atoms with van der Waals surface area (Å²) in [6, 6.07) is 6.25. The summed E-state index contributed by atoms with van der Waals surface area (Å²) in [4.78, 5) is 1.95. The predicted octanol–water partition coefficient (Wildman–Crippen LogP) is 2.16. The number of benzene rings is 1. The summed E-state index contributed by atoms with van der Waals surface area (Å²) in [5, 5.41) is 9.57. The lowest BCUT2D eigenvalue weighted by Gasteiger charge is -2.37. The van der Waals surface area contributed by atoms with E-state index in [1.807, 2.05) is 38.8 Å². The van der Waals surface area contributed by atoms with Gasteiger partial charge in [-0.05, 0) is 26.0 Å². The molecule has 1 aromatic rings. The SMILES string of the molecule is CC(C)C(N)C(CO)N(C)C(C)c1ccccc1F. The summed E-state index contributed by atoms with van der Waals surface area (Å²) in [6.45, 7) is 5.94. The van der Waals surface area contributed by atoms with E-state index in [1.165, 1.54) is 6.07 Å². The van der Waals surface area contributed by atoms with Gasteiger partial charge in [0.25, 0.3) is 0 Å². The van der Waals surface area contributed by atoms with Crippen molar-refractivity contribution in [3.05, 3.63) is 35.6 Å². The molecule has 0 heterocycles. The van der Waals surface area contributed by atoms with Crippen LogP contribution in [0.25, 0.3) is 0 Å². The van der Waals surface area contributed by atoms with Gasteiger partial charge in [-0.15, -0.1) is 0 Å². The minimum Gasteiger partial charge on any atom is -0.395 e. The molecule has 0 radical (unpaired) electrons. The molecule has 0 aliphatic rings. The number of nitrogens with two attached hydrogens (primary N) is 1. The standard InChI is InChI=1S/C15H25FN2O/c1-10(2)15(17)14(9-19)18(4)11(3)12-7-5-6-8-13(12)16/h5-8,10-11,14-15,19H,9,17H2,1-4H3. The van der Waals surface area contributed by atoms with Crippen LogP contribution in [0.5, 0.6) is 0 Å². The van der Waals surface area contributed by atoms with Gasteiger partial charge in [0.05, 0.1) is 6.61 Å². The Kier molecular flexibility index (Phi) is 5.91. The van der Waals surface area contributed by atoms with Gasteiger partial charge in [0.2, 0.25) is 0 Å². The Hall–Kier alpha value is -0.970. The second kappa shape index (κ2) is 6.98. The van der Waals surface area contributed by atoms with E-state index in [0.717, 1.165) is 0 Å². The Morgan fingerprint density at radius 1 is 1.26 bits per heavy atom. The van der Waals surface area contributed by atoms with Crippen molar-refractivity contribution in [2.24, 2.45) is 11.7 Å². The molecular weight excluding hydrogens is 243 g/mol. The normalized spacial score (nSPS) is 16.7. The lowest BCUT2D eigenvalue weighted by Crippen LogP contribution is -2.51. The van der Waals surface area contributed by atoms with Crippen LogP contribution < -0.4 is 5.73 Å². The molecule has 19 heavy (non-hydrogen) atoms. The maximum Gasteiger partial charge on any atom is 0.127 e. The molecule has 0 fully saturated rings. The fourth-order valence-corrected chi connectivity index (χ4v) is 2.29. The van der Waals surface area contributed by atoms with E-state index in [0.29, 0.717) is 5.56 Å². The zero-order valence-electron chi connectivity index (χ0n) is 12.2. The van der Waals surface area contributed by atoms with Crippen LogP contribution >= 0.6 is 0 Å². The molecule has 3 unspecified atom stereocenters. The fourth-order valence-electron chi connectivity index (χ4n) is 2.29. The van der Waals surface area contributed by atoms with Crippen LogP contribution in [0.2, 0.25) is 0 Å². The lowest BCUT2D eigenvalue weighted by atomic mass is 9.95. The van der Waals surface area contributed by atoms with Crippen molar-refractivity contribution in [1.29, 1.82) is 0 Å². The number of aliphatic hydroxyl groups excluding tert-OH is 1. The Balaban J connectivity index is 2.91. The van der Waals surface area contributed by atoms with Gasteiger partial charge < -0.3 is 10.8 Å². The molecule has 0 spiro atoms. The zero-order chi connectivity index (χ0) is 14.6. The average molecular weight is 268 g/mol. The van der Waals surface area contributed by atoms with Gasteiger partial charge in [-0.2, -0.15) is 0 Å². The van der Waals surface area contributed by atoms with Crippen molar-refractivity contribution < 1.29 is 9.50 Å². The fraction of sp³-hybridized carbons (Fsp3) is 0.600.